The molecule has 30 heavy (non-hydrogen) atoms. The molecule has 7 nitrogen and oxygen atoms in total. The van der Waals surface area contributed by atoms with Gasteiger partial charge in [0.25, 0.3) is 5.56 Å². The van der Waals surface area contributed by atoms with E-state index in [1.807, 2.05) is 11.4 Å². The average Bonchev–Trinajstić information content (AvgIpc) is 3.20. The summed E-state index contributed by atoms with van der Waals surface area (Å²) in [6.07, 6.45) is 0.865. The van der Waals surface area contributed by atoms with Crippen LogP contribution in [-0.2, 0) is 11.3 Å². The Morgan fingerprint density at radius 1 is 1.23 bits per heavy atom. The quantitative estimate of drug-likeness (QED) is 0.390. The fourth-order valence-corrected chi connectivity index (χ4v) is 4.46. The molecule has 0 spiro atoms. The van der Waals surface area contributed by atoms with E-state index in [4.69, 9.17) is 9.47 Å². The maximum absolute atomic E-state index is 12.9. The molecule has 1 amide bonds. The Labute approximate surface area is 183 Å². The molecule has 0 fully saturated rings. The lowest BCUT2D eigenvalue weighted by Gasteiger charge is -2.13. The summed E-state index contributed by atoms with van der Waals surface area (Å²) < 4.78 is 12.8. The Morgan fingerprint density at radius 3 is 2.70 bits per heavy atom. The number of thioether (sulfide) groups is 1. The van der Waals surface area contributed by atoms with Crippen molar-refractivity contribution in [1.82, 2.24) is 9.55 Å². The number of nitrogens with one attached hydrogen (secondary N) is 1. The minimum atomic E-state index is -0.192. The van der Waals surface area contributed by atoms with Gasteiger partial charge >= 0.3 is 0 Å². The van der Waals surface area contributed by atoms with Gasteiger partial charge in [0.2, 0.25) is 5.91 Å². The van der Waals surface area contributed by atoms with Crippen LogP contribution in [0, 0.1) is 5.92 Å². The Balaban J connectivity index is 1.75. The molecule has 0 radical (unpaired) electrons. The van der Waals surface area contributed by atoms with E-state index in [9.17, 15) is 9.59 Å². The van der Waals surface area contributed by atoms with Crippen molar-refractivity contribution in [2.45, 2.75) is 32.0 Å². The molecular formula is C21H25N3O4S2. The first kappa shape index (κ1) is 22.2. The fourth-order valence-electron chi connectivity index (χ4n) is 2.86. The van der Waals surface area contributed by atoms with Crippen LogP contribution in [-0.4, -0.2) is 35.4 Å². The number of rotatable bonds is 9. The molecule has 0 bridgehead atoms. The van der Waals surface area contributed by atoms with E-state index in [1.165, 1.54) is 23.1 Å². The average molecular weight is 448 g/mol. The molecule has 3 rings (SSSR count). The zero-order valence-electron chi connectivity index (χ0n) is 17.4. The monoisotopic (exact) mass is 447 g/mol. The van der Waals surface area contributed by atoms with Gasteiger partial charge in [0.05, 0.1) is 25.5 Å². The molecule has 3 aromatic rings. The molecule has 1 aromatic carbocycles. The summed E-state index contributed by atoms with van der Waals surface area (Å²) in [4.78, 5) is 30.0. The van der Waals surface area contributed by atoms with Gasteiger partial charge in [-0.1, -0.05) is 25.6 Å². The van der Waals surface area contributed by atoms with Crippen LogP contribution in [0.2, 0.25) is 0 Å². The van der Waals surface area contributed by atoms with E-state index in [1.54, 1.807) is 37.0 Å². The molecule has 2 aromatic heterocycles. The molecule has 1 N–H and O–H groups in total. The van der Waals surface area contributed by atoms with Crippen molar-refractivity contribution in [2.75, 3.05) is 25.3 Å². The molecule has 0 atom stereocenters. The largest absolute Gasteiger partial charge is 0.493 e. The number of carbonyl (C=O) groups excluding carboxylic acids is 1. The molecule has 0 aliphatic rings. The third kappa shape index (κ3) is 5.14. The lowest BCUT2D eigenvalue weighted by Crippen LogP contribution is -2.24. The topological polar surface area (TPSA) is 82.5 Å². The van der Waals surface area contributed by atoms with Gasteiger partial charge < -0.3 is 14.8 Å². The van der Waals surface area contributed by atoms with E-state index in [0.717, 1.165) is 6.42 Å². The van der Waals surface area contributed by atoms with Crippen molar-refractivity contribution < 1.29 is 14.3 Å². The van der Waals surface area contributed by atoms with Gasteiger partial charge in [-0.05, 0) is 35.9 Å². The van der Waals surface area contributed by atoms with Crippen molar-refractivity contribution in [1.29, 1.82) is 0 Å². The highest BCUT2D eigenvalue weighted by atomic mass is 32.2. The number of amides is 1. The maximum Gasteiger partial charge on any atom is 0.272 e. The number of methoxy groups -OCH3 is 2. The first-order chi connectivity index (χ1) is 14.4. The Bertz CT molecular complexity index is 1090. The molecular weight excluding hydrogens is 422 g/mol. The smallest absolute Gasteiger partial charge is 0.272 e. The molecule has 0 unspecified atom stereocenters. The Kier molecular flexibility index (Phi) is 7.38. The fraction of sp³-hybridized carbons (Fsp3) is 0.381. The molecule has 0 saturated heterocycles. The van der Waals surface area contributed by atoms with E-state index >= 15 is 0 Å². The minimum absolute atomic E-state index is 0.0431. The summed E-state index contributed by atoms with van der Waals surface area (Å²) in [5.74, 6) is 1.53. The highest BCUT2D eigenvalue weighted by Crippen LogP contribution is 2.30. The van der Waals surface area contributed by atoms with Crippen molar-refractivity contribution in [3.8, 4) is 11.5 Å². The summed E-state index contributed by atoms with van der Waals surface area (Å²) >= 11 is 2.66. The number of carbonyl (C=O) groups is 1. The standard InChI is InChI=1S/C21H25N3O4S2/c1-13(2)7-9-24-20(26)19-15(8-10-29-19)23-21(24)30-12-18(25)22-14-5-6-16(27-3)17(11-14)28-4/h5-6,8,10-11,13H,7,9,12H2,1-4H3,(H,22,25). The van der Waals surface area contributed by atoms with Crippen LogP contribution in [0.15, 0.2) is 39.6 Å². The maximum atomic E-state index is 12.9. The molecule has 2 heterocycles. The van der Waals surface area contributed by atoms with Gasteiger partial charge in [-0.15, -0.1) is 11.3 Å². The normalized spacial score (nSPS) is 11.1. The lowest BCUT2D eigenvalue weighted by atomic mass is 10.1. The van der Waals surface area contributed by atoms with Crippen LogP contribution in [0.4, 0.5) is 5.69 Å². The summed E-state index contributed by atoms with van der Waals surface area (Å²) in [5, 5.41) is 5.28. The summed E-state index contributed by atoms with van der Waals surface area (Å²) in [7, 11) is 3.10. The Morgan fingerprint density at radius 2 is 2.00 bits per heavy atom. The van der Waals surface area contributed by atoms with E-state index in [0.29, 0.717) is 45.0 Å². The SMILES string of the molecule is COc1ccc(NC(=O)CSc2nc3ccsc3c(=O)n2CCC(C)C)cc1OC. The van der Waals surface area contributed by atoms with E-state index in [-0.39, 0.29) is 17.2 Å². The first-order valence-corrected chi connectivity index (χ1v) is 11.4. The van der Waals surface area contributed by atoms with Crippen LogP contribution in [0.5, 0.6) is 11.5 Å². The molecule has 9 heteroatoms. The number of hydrogen-bond donors (Lipinski definition) is 1. The predicted molar refractivity (Wildman–Crippen MR) is 122 cm³/mol. The predicted octanol–water partition coefficient (Wildman–Crippen LogP) is 4.25. The number of fused-ring (bicyclic) bond motifs is 1. The molecule has 160 valence electrons. The van der Waals surface area contributed by atoms with Gasteiger partial charge in [0.1, 0.15) is 4.70 Å². The van der Waals surface area contributed by atoms with Crippen molar-refractivity contribution in [3.63, 3.8) is 0 Å². The van der Waals surface area contributed by atoms with Gasteiger partial charge in [0.15, 0.2) is 16.7 Å². The van der Waals surface area contributed by atoms with Crippen LogP contribution in [0.3, 0.4) is 0 Å². The van der Waals surface area contributed by atoms with Gasteiger partial charge in [-0.3, -0.25) is 14.2 Å². The number of benzene rings is 1. The molecule has 0 aliphatic heterocycles. The lowest BCUT2D eigenvalue weighted by molar-refractivity contribution is -0.113. The number of hydrogen-bond acceptors (Lipinski definition) is 7. The number of anilines is 1. The second kappa shape index (κ2) is 9.99. The zero-order chi connectivity index (χ0) is 21.7. The number of thiophene rings is 1. The Hall–Kier alpha value is -2.52. The van der Waals surface area contributed by atoms with Crippen LogP contribution < -0.4 is 20.3 Å². The highest BCUT2D eigenvalue weighted by molar-refractivity contribution is 7.99. The third-order valence-corrected chi connectivity index (χ3v) is 6.33. The second-order valence-corrected chi connectivity index (χ2v) is 8.93. The first-order valence-electron chi connectivity index (χ1n) is 9.55. The summed E-state index contributed by atoms with van der Waals surface area (Å²) in [6, 6.07) is 7.02. The van der Waals surface area contributed by atoms with E-state index in [2.05, 4.69) is 24.1 Å². The van der Waals surface area contributed by atoms with Crippen LogP contribution in [0.25, 0.3) is 10.2 Å². The minimum Gasteiger partial charge on any atom is -0.493 e. The zero-order valence-corrected chi connectivity index (χ0v) is 19.1. The van der Waals surface area contributed by atoms with Crippen LogP contribution >= 0.6 is 23.1 Å². The van der Waals surface area contributed by atoms with Crippen LogP contribution in [0.1, 0.15) is 20.3 Å². The van der Waals surface area contributed by atoms with Crippen molar-refractivity contribution >= 4 is 44.9 Å². The third-order valence-electron chi connectivity index (χ3n) is 4.46. The van der Waals surface area contributed by atoms with E-state index < -0.39 is 0 Å². The number of nitrogens with zero attached hydrogens (tertiary/aromatic N) is 2. The summed E-state index contributed by atoms with van der Waals surface area (Å²) in [5.41, 5.74) is 1.24. The number of aromatic nitrogens is 2. The van der Waals surface area contributed by atoms with Gasteiger partial charge in [-0.25, -0.2) is 4.98 Å². The molecule has 0 aliphatic carbocycles. The van der Waals surface area contributed by atoms with Crippen molar-refractivity contribution in [3.05, 3.63) is 40.0 Å². The molecule has 0 saturated carbocycles. The summed E-state index contributed by atoms with van der Waals surface area (Å²) in [6.45, 7) is 4.81. The second-order valence-electron chi connectivity index (χ2n) is 7.08. The van der Waals surface area contributed by atoms with Crippen molar-refractivity contribution in [2.24, 2.45) is 5.92 Å². The van der Waals surface area contributed by atoms with Gasteiger partial charge in [0, 0.05) is 18.3 Å². The number of ether oxygens (including phenoxy) is 2. The van der Waals surface area contributed by atoms with Gasteiger partial charge in [-0.2, -0.15) is 0 Å². The highest BCUT2D eigenvalue weighted by Gasteiger charge is 2.15.